The molecule has 0 aliphatic rings. The van der Waals surface area contributed by atoms with Crippen molar-refractivity contribution in [3.63, 3.8) is 0 Å². The van der Waals surface area contributed by atoms with Gasteiger partial charge >= 0.3 is 0 Å². The van der Waals surface area contributed by atoms with Crippen LogP contribution in [0.15, 0.2) is 86.0 Å². The zero-order valence-corrected chi connectivity index (χ0v) is 25.5. The summed E-state index contributed by atoms with van der Waals surface area (Å²) >= 11 is 0. The van der Waals surface area contributed by atoms with E-state index in [0.717, 1.165) is 10.0 Å². The van der Waals surface area contributed by atoms with Gasteiger partial charge in [0.05, 0.1) is 58.9 Å². The minimum absolute atomic E-state index is 0.202. The van der Waals surface area contributed by atoms with Gasteiger partial charge in [-0.05, 0) is 48.5 Å². The van der Waals surface area contributed by atoms with Crippen molar-refractivity contribution in [2.75, 3.05) is 10.0 Å². The second kappa shape index (κ2) is 13.9. The van der Waals surface area contributed by atoms with Crippen LogP contribution >= 0.6 is 0 Å². The highest BCUT2D eigenvalue weighted by atomic mass is 19.2. The number of nitrogens with zero attached hydrogens (tertiary/aromatic N) is 8. The highest BCUT2D eigenvalue weighted by Crippen LogP contribution is 2.39. The van der Waals surface area contributed by atoms with Gasteiger partial charge in [-0.25, -0.2) is 36.9 Å². The van der Waals surface area contributed by atoms with Crippen LogP contribution in [0.4, 0.5) is 46.5 Å². The van der Waals surface area contributed by atoms with Gasteiger partial charge in [0.1, 0.15) is 12.7 Å². The van der Waals surface area contributed by atoms with Crippen molar-refractivity contribution < 1.29 is 39.9 Å². The fraction of sp³-hybridized carbons (Fsp3) is 0.0588. The molecular weight excluding hydrogens is 688 g/mol. The Morgan fingerprint density at radius 3 is 1.14 bits per heavy atom. The molecular formula is C34H18F8N8O. The summed E-state index contributed by atoms with van der Waals surface area (Å²) in [7, 11) is 0. The number of aromatic nitrogens is 4. The molecule has 0 saturated carbocycles. The molecule has 2 aromatic heterocycles. The number of anilines is 2. The van der Waals surface area contributed by atoms with Gasteiger partial charge in [-0.1, -0.05) is 0 Å². The molecule has 0 radical (unpaired) electrons. The van der Waals surface area contributed by atoms with Crippen LogP contribution in [0.3, 0.4) is 0 Å². The second-order valence-electron chi connectivity index (χ2n) is 10.5. The lowest BCUT2D eigenvalue weighted by Crippen LogP contribution is -2.29. The normalized spacial score (nSPS) is 10.9. The Labute approximate surface area is 282 Å². The molecule has 0 aliphatic heterocycles. The number of hydrogen-bond donors (Lipinski definition) is 0. The molecule has 17 heteroatoms. The summed E-state index contributed by atoms with van der Waals surface area (Å²) in [5.74, 6) is -21.2. The second-order valence-corrected chi connectivity index (χ2v) is 10.5. The minimum Gasteiger partial charge on any atom is -0.444 e. The number of ether oxygens (including phenoxy) is 1. The fourth-order valence-electron chi connectivity index (χ4n) is 4.99. The molecule has 0 aliphatic carbocycles. The number of hydrogen-bond acceptors (Lipinski definition) is 7. The van der Waals surface area contributed by atoms with Crippen LogP contribution < -0.4 is 14.8 Å². The largest absolute Gasteiger partial charge is 0.444 e. The smallest absolute Gasteiger partial charge is 0.205 e. The molecule has 0 atom stereocenters. The highest BCUT2D eigenvalue weighted by molar-refractivity contribution is 5.52. The SMILES string of the molecule is N#Cc1ccc(N(Cc2c(F)c(F)c(Oc3c(F)c(F)c(CN(c4ccc(C#N)cc4)n4ccnc4)c(F)c3F)c(F)c2F)n2ccnc2)cc1. The van der Waals surface area contributed by atoms with E-state index < -0.39 is 82.3 Å². The lowest BCUT2D eigenvalue weighted by atomic mass is 10.1. The Morgan fingerprint density at radius 1 is 0.529 bits per heavy atom. The summed E-state index contributed by atoms with van der Waals surface area (Å²) in [6.07, 6.45) is 7.70. The zero-order valence-electron chi connectivity index (χ0n) is 25.5. The molecule has 51 heavy (non-hydrogen) atoms. The number of rotatable bonds is 10. The number of halogens is 8. The third-order valence-corrected chi connectivity index (χ3v) is 7.58. The lowest BCUT2D eigenvalue weighted by Gasteiger charge is -2.27. The van der Waals surface area contributed by atoms with Gasteiger partial charge in [0.25, 0.3) is 0 Å². The van der Waals surface area contributed by atoms with Crippen molar-refractivity contribution in [2.45, 2.75) is 13.1 Å². The van der Waals surface area contributed by atoms with E-state index in [-0.39, 0.29) is 22.5 Å². The van der Waals surface area contributed by atoms with Gasteiger partial charge in [-0.3, -0.25) is 10.0 Å². The Bertz CT molecular complexity index is 2080. The van der Waals surface area contributed by atoms with E-state index in [9.17, 15) is 0 Å². The van der Waals surface area contributed by atoms with E-state index in [1.54, 1.807) is 0 Å². The summed E-state index contributed by atoms with van der Waals surface area (Å²) in [6.45, 7) is -1.78. The van der Waals surface area contributed by atoms with Crippen LogP contribution in [-0.4, -0.2) is 19.3 Å². The first-order chi connectivity index (χ1) is 24.5. The molecule has 6 aromatic rings. The van der Waals surface area contributed by atoms with E-state index >= 15 is 35.1 Å². The van der Waals surface area contributed by atoms with Crippen LogP contribution in [0.25, 0.3) is 0 Å². The van der Waals surface area contributed by atoms with Crippen LogP contribution in [0, 0.1) is 69.2 Å². The quantitative estimate of drug-likeness (QED) is 0.107. The number of benzene rings is 4. The fourth-order valence-corrected chi connectivity index (χ4v) is 4.99. The van der Waals surface area contributed by atoms with Crippen LogP contribution in [0.1, 0.15) is 22.3 Å². The van der Waals surface area contributed by atoms with Crippen molar-refractivity contribution in [1.29, 1.82) is 10.5 Å². The first-order valence-corrected chi connectivity index (χ1v) is 14.4. The summed E-state index contributed by atoms with van der Waals surface area (Å²) in [4.78, 5) is 7.67. The lowest BCUT2D eigenvalue weighted by molar-refractivity contribution is 0.319. The van der Waals surface area contributed by atoms with Crippen molar-refractivity contribution in [2.24, 2.45) is 0 Å². The van der Waals surface area contributed by atoms with E-state index in [4.69, 9.17) is 10.5 Å². The molecule has 9 nitrogen and oxygen atoms in total. The van der Waals surface area contributed by atoms with Gasteiger partial charge in [0, 0.05) is 24.8 Å². The first kappa shape index (κ1) is 34.0. The Kier molecular flexibility index (Phi) is 9.28. The molecule has 4 aromatic carbocycles. The molecule has 0 N–H and O–H groups in total. The number of nitriles is 2. The average Bonchev–Trinajstić information content (AvgIpc) is 3.89. The molecule has 2 heterocycles. The monoisotopic (exact) mass is 706 g/mol. The van der Waals surface area contributed by atoms with Gasteiger partial charge in [-0.15, -0.1) is 0 Å². The van der Waals surface area contributed by atoms with Gasteiger partial charge in [0.2, 0.25) is 34.8 Å². The van der Waals surface area contributed by atoms with Crippen LogP contribution in [-0.2, 0) is 13.1 Å². The third-order valence-electron chi connectivity index (χ3n) is 7.58. The topological polar surface area (TPSA) is 98.9 Å². The van der Waals surface area contributed by atoms with Gasteiger partial charge in [0.15, 0.2) is 23.3 Å². The highest BCUT2D eigenvalue weighted by Gasteiger charge is 2.33. The molecule has 0 spiro atoms. The van der Waals surface area contributed by atoms with Gasteiger partial charge in [-0.2, -0.15) is 28.1 Å². The van der Waals surface area contributed by atoms with E-state index in [0.29, 0.717) is 0 Å². The van der Waals surface area contributed by atoms with Crippen LogP contribution in [0.2, 0.25) is 0 Å². The Hall–Kier alpha value is -6.88. The minimum atomic E-state index is -2.26. The summed E-state index contributed by atoms with van der Waals surface area (Å²) in [6, 6.07) is 14.8. The van der Waals surface area contributed by atoms with Crippen molar-refractivity contribution in [1.82, 2.24) is 19.3 Å². The molecule has 6 rings (SSSR count). The van der Waals surface area contributed by atoms with E-state index in [2.05, 4.69) is 14.7 Å². The maximum atomic E-state index is 15.4. The van der Waals surface area contributed by atoms with Crippen molar-refractivity contribution >= 4 is 11.4 Å². The average molecular weight is 707 g/mol. The maximum absolute atomic E-state index is 15.4. The van der Waals surface area contributed by atoms with Crippen LogP contribution in [0.5, 0.6) is 11.5 Å². The van der Waals surface area contributed by atoms with Crippen molar-refractivity contribution in [3.05, 3.63) is 155 Å². The Morgan fingerprint density at radius 2 is 0.863 bits per heavy atom. The molecule has 0 saturated heterocycles. The molecule has 256 valence electrons. The maximum Gasteiger partial charge on any atom is 0.205 e. The predicted molar refractivity (Wildman–Crippen MR) is 163 cm³/mol. The molecule has 0 fully saturated rings. The molecule has 0 amide bonds. The summed E-state index contributed by atoms with van der Waals surface area (Å²) in [5.41, 5.74) is -1.52. The molecule has 0 unspecified atom stereocenters. The summed E-state index contributed by atoms with van der Waals surface area (Å²) < 4.78 is 130. The number of imidazole rings is 2. The van der Waals surface area contributed by atoms with E-state index in [1.807, 2.05) is 12.1 Å². The molecule has 0 bridgehead atoms. The summed E-state index contributed by atoms with van der Waals surface area (Å²) in [5, 5.41) is 20.4. The predicted octanol–water partition coefficient (Wildman–Crippen LogP) is 7.67. The van der Waals surface area contributed by atoms with Crippen molar-refractivity contribution in [3.8, 4) is 23.6 Å². The third kappa shape index (κ3) is 6.35. The zero-order chi connectivity index (χ0) is 36.4. The Balaban J connectivity index is 1.36. The standard InChI is InChI=1S/C34H18F8N8O/c35-25-23(15-49(47-11-9-45-17-47)21-5-1-19(13-43)2-6-21)26(36)30(40)33(29(25)39)51-34-31(41)27(37)24(28(38)32(34)42)16-50(48-12-10-46-18-48)22-7-3-20(14-44)4-8-22/h1-12,17-18H,15-16H2. The van der Waals surface area contributed by atoms with E-state index in [1.165, 1.54) is 95.3 Å². The first-order valence-electron chi connectivity index (χ1n) is 14.4. The van der Waals surface area contributed by atoms with Gasteiger partial charge < -0.3 is 4.74 Å².